The van der Waals surface area contributed by atoms with E-state index in [9.17, 15) is 0 Å². The van der Waals surface area contributed by atoms with Gasteiger partial charge in [0.25, 0.3) is 0 Å². The Bertz CT molecular complexity index is 145. The molecule has 2 heterocycles. The van der Waals surface area contributed by atoms with Crippen LogP contribution in [0.4, 0.5) is 0 Å². The molecule has 0 radical (unpaired) electrons. The highest BCUT2D eigenvalue weighted by molar-refractivity contribution is 4.90. The number of nitrogens with one attached hydrogen (secondary N) is 1. The molecule has 0 unspecified atom stereocenters. The van der Waals surface area contributed by atoms with Gasteiger partial charge >= 0.3 is 0 Å². The summed E-state index contributed by atoms with van der Waals surface area (Å²) < 4.78 is 5.87. The van der Waals surface area contributed by atoms with Gasteiger partial charge in [-0.05, 0) is 19.9 Å². The largest absolute Gasteiger partial charge is 0.372 e. The molecule has 0 bridgehead atoms. The highest BCUT2D eigenvalue weighted by Crippen LogP contribution is 2.26. The second kappa shape index (κ2) is 3.32. The van der Waals surface area contributed by atoms with E-state index >= 15 is 0 Å². The second-order valence-electron chi connectivity index (χ2n) is 4.01. The van der Waals surface area contributed by atoms with Crippen molar-refractivity contribution in [1.29, 1.82) is 0 Å². The van der Waals surface area contributed by atoms with Crippen LogP contribution in [-0.2, 0) is 4.74 Å². The van der Waals surface area contributed by atoms with Gasteiger partial charge in [-0.25, -0.2) is 0 Å². The third kappa shape index (κ3) is 1.63. The van der Waals surface area contributed by atoms with E-state index in [2.05, 4.69) is 17.3 Å². The highest BCUT2D eigenvalue weighted by Gasteiger charge is 2.35. The van der Waals surface area contributed by atoms with Crippen LogP contribution in [0.15, 0.2) is 0 Å². The summed E-state index contributed by atoms with van der Waals surface area (Å²) in [4.78, 5) is 2.38. The third-order valence-electron chi connectivity index (χ3n) is 3.03. The Morgan fingerprint density at radius 2 is 2.08 bits per heavy atom. The molecule has 0 saturated carbocycles. The van der Waals surface area contributed by atoms with Crippen LogP contribution in [0.25, 0.3) is 0 Å². The molecule has 2 aliphatic heterocycles. The molecule has 2 aliphatic rings. The first-order valence-corrected chi connectivity index (χ1v) is 4.84. The zero-order valence-corrected chi connectivity index (χ0v) is 7.81. The number of ether oxygens (including phenoxy) is 1. The Labute approximate surface area is 74.1 Å². The SMILES string of the molecule is CN1CCC2(CC1)CNCCO2. The fourth-order valence-electron chi connectivity index (χ4n) is 2.05. The summed E-state index contributed by atoms with van der Waals surface area (Å²) in [5, 5.41) is 3.42. The maximum Gasteiger partial charge on any atom is 0.0831 e. The van der Waals surface area contributed by atoms with Gasteiger partial charge in [-0.1, -0.05) is 0 Å². The quantitative estimate of drug-likeness (QED) is 0.557. The molecule has 70 valence electrons. The van der Waals surface area contributed by atoms with Gasteiger partial charge in [0.1, 0.15) is 0 Å². The fraction of sp³-hybridized carbons (Fsp3) is 1.00. The molecule has 2 fully saturated rings. The minimum atomic E-state index is 0.185. The summed E-state index contributed by atoms with van der Waals surface area (Å²) in [5.41, 5.74) is 0.185. The van der Waals surface area contributed by atoms with Crippen LogP contribution in [0.3, 0.4) is 0 Å². The minimum Gasteiger partial charge on any atom is -0.372 e. The first-order chi connectivity index (χ1) is 5.81. The second-order valence-corrected chi connectivity index (χ2v) is 4.01. The lowest BCUT2D eigenvalue weighted by molar-refractivity contribution is -0.0969. The van der Waals surface area contributed by atoms with E-state index < -0.39 is 0 Å². The number of hydrogen-bond donors (Lipinski definition) is 1. The van der Waals surface area contributed by atoms with Crippen molar-refractivity contribution >= 4 is 0 Å². The van der Waals surface area contributed by atoms with Gasteiger partial charge in [-0.2, -0.15) is 0 Å². The van der Waals surface area contributed by atoms with Crippen LogP contribution >= 0.6 is 0 Å². The van der Waals surface area contributed by atoms with Gasteiger partial charge in [-0.3, -0.25) is 0 Å². The number of likely N-dealkylation sites (tertiary alicyclic amines) is 1. The molecule has 12 heavy (non-hydrogen) atoms. The van der Waals surface area contributed by atoms with Crippen molar-refractivity contribution in [3.05, 3.63) is 0 Å². The van der Waals surface area contributed by atoms with E-state index in [1.54, 1.807) is 0 Å². The molecule has 0 aromatic rings. The van der Waals surface area contributed by atoms with E-state index in [0.29, 0.717) is 0 Å². The first kappa shape index (κ1) is 8.48. The van der Waals surface area contributed by atoms with E-state index in [1.807, 2.05) is 0 Å². The number of hydrogen-bond acceptors (Lipinski definition) is 3. The molecule has 1 N–H and O–H groups in total. The molecular formula is C9H18N2O. The average molecular weight is 170 g/mol. The van der Waals surface area contributed by atoms with Crippen LogP contribution in [0, 0.1) is 0 Å². The summed E-state index contributed by atoms with van der Waals surface area (Å²) in [6.07, 6.45) is 2.38. The van der Waals surface area contributed by atoms with Gasteiger partial charge in [0.05, 0.1) is 12.2 Å². The maximum atomic E-state index is 5.87. The molecule has 3 heteroatoms. The number of nitrogens with zero attached hydrogens (tertiary/aromatic N) is 1. The standard InChI is InChI=1S/C9H18N2O/c1-11-5-2-9(3-6-11)8-10-4-7-12-9/h10H,2-8H2,1H3. The van der Waals surface area contributed by atoms with Crippen LogP contribution in [0.2, 0.25) is 0 Å². The number of piperidine rings is 1. The predicted molar refractivity (Wildman–Crippen MR) is 48.3 cm³/mol. The fourth-order valence-corrected chi connectivity index (χ4v) is 2.05. The summed E-state index contributed by atoms with van der Waals surface area (Å²) >= 11 is 0. The van der Waals surface area contributed by atoms with Crippen molar-refractivity contribution in [2.24, 2.45) is 0 Å². The van der Waals surface area contributed by atoms with Crippen molar-refractivity contribution in [2.75, 3.05) is 39.8 Å². The van der Waals surface area contributed by atoms with E-state index in [0.717, 1.165) is 19.7 Å². The van der Waals surface area contributed by atoms with Gasteiger partial charge in [0, 0.05) is 26.2 Å². The molecule has 0 aromatic heterocycles. The zero-order valence-electron chi connectivity index (χ0n) is 7.81. The van der Waals surface area contributed by atoms with E-state index in [-0.39, 0.29) is 5.60 Å². The number of rotatable bonds is 0. The maximum absolute atomic E-state index is 5.87. The Morgan fingerprint density at radius 1 is 1.33 bits per heavy atom. The van der Waals surface area contributed by atoms with E-state index in [4.69, 9.17) is 4.74 Å². The lowest BCUT2D eigenvalue weighted by Gasteiger charge is -2.43. The Hall–Kier alpha value is -0.120. The molecule has 0 aromatic carbocycles. The molecule has 2 rings (SSSR count). The summed E-state index contributed by atoms with van der Waals surface area (Å²) in [6.45, 7) is 5.34. The summed E-state index contributed by atoms with van der Waals surface area (Å²) in [6, 6.07) is 0. The number of morpholine rings is 1. The Kier molecular flexibility index (Phi) is 2.35. The minimum absolute atomic E-state index is 0.185. The van der Waals surface area contributed by atoms with Gasteiger partial charge in [0.15, 0.2) is 0 Å². The molecule has 2 saturated heterocycles. The normalized spacial score (nSPS) is 30.8. The summed E-state index contributed by atoms with van der Waals surface area (Å²) in [5.74, 6) is 0. The molecule has 3 nitrogen and oxygen atoms in total. The summed E-state index contributed by atoms with van der Waals surface area (Å²) in [7, 11) is 2.18. The predicted octanol–water partition coefficient (Wildman–Crippen LogP) is 0.0706. The van der Waals surface area contributed by atoms with Crippen molar-refractivity contribution in [3.8, 4) is 0 Å². The van der Waals surface area contributed by atoms with Gasteiger partial charge in [-0.15, -0.1) is 0 Å². The van der Waals surface area contributed by atoms with Crippen molar-refractivity contribution < 1.29 is 4.74 Å². The lowest BCUT2D eigenvalue weighted by Crippen LogP contribution is -2.55. The Balaban J connectivity index is 1.92. The highest BCUT2D eigenvalue weighted by atomic mass is 16.5. The van der Waals surface area contributed by atoms with Gasteiger partial charge in [0.2, 0.25) is 0 Å². The van der Waals surface area contributed by atoms with Gasteiger partial charge < -0.3 is 15.0 Å². The zero-order chi connectivity index (χ0) is 8.44. The van der Waals surface area contributed by atoms with E-state index in [1.165, 1.54) is 25.9 Å². The van der Waals surface area contributed by atoms with Crippen LogP contribution < -0.4 is 5.32 Å². The monoisotopic (exact) mass is 170 g/mol. The van der Waals surface area contributed by atoms with Crippen LogP contribution in [-0.4, -0.2) is 50.3 Å². The smallest absolute Gasteiger partial charge is 0.0831 e. The molecule has 0 amide bonds. The van der Waals surface area contributed by atoms with Crippen LogP contribution in [0.5, 0.6) is 0 Å². The average Bonchev–Trinajstić information content (AvgIpc) is 2.13. The van der Waals surface area contributed by atoms with Crippen LogP contribution in [0.1, 0.15) is 12.8 Å². The topological polar surface area (TPSA) is 24.5 Å². The third-order valence-corrected chi connectivity index (χ3v) is 3.03. The van der Waals surface area contributed by atoms with Crippen molar-refractivity contribution in [3.63, 3.8) is 0 Å². The van der Waals surface area contributed by atoms with Crippen molar-refractivity contribution in [2.45, 2.75) is 18.4 Å². The molecule has 1 spiro atoms. The molecule has 0 aliphatic carbocycles. The first-order valence-electron chi connectivity index (χ1n) is 4.84. The molecule has 0 atom stereocenters. The van der Waals surface area contributed by atoms with Crippen molar-refractivity contribution in [1.82, 2.24) is 10.2 Å². The molecular weight excluding hydrogens is 152 g/mol. The Morgan fingerprint density at radius 3 is 2.67 bits per heavy atom. The lowest BCUT2D eigenvalue weighted by atomic mass is 9.90.